The van der Waals surface area contributed by atoms with Crippen molar-refractivity contribution in [2.45, 2.75) is 0 Å². The smallest absolute Gasteiger partial charge is 0.0422 e. The molecule has 0 aromatic rings. The highest BCUT2D eigenvalue weighted by atomic mass is 15.2. The summed E-state index contributed by atoms with van der Waals surface area (Å²) in [5.74, 6) is 0.437. The van der Waals surface area contributed by atoms with Gasteiger partial charge in [0.1, 0.15) is 0 Å². The van der Waals surface area contributed by atoms with E-state index in [0.717, 1.165) is 0 Å². The highest BCUT2D eigenvalue weighted by molar-refractivity contribution is 5.45. The van der Waals surface area contributed by atoms with Gasteiger partial charge in [0.15, 0.2) is 0 Å². The second kappa shape index (κ2) is 2.88. The number of nitrogens with zero attached hydrogens (tertiary/aromatic N) is 1. The summed E-state index contributed by atoms with van der Waals surface area (Å²) in [4.78, 5) is 2.24. The van der Waals surface area contributed by atoms with Crippen LogP contribution < -0.4 is 0 Å². The Bertz CT molecular complexity index is 430. The van der Waals surface area contributed by atoms with Crippen LogP contribution in [0, 0.1) is 5.92 Å². The van der Waals surface area contributed by atoms with Gasteiger partial charge in [-0.3, -0.25) is 0 Å². The van der Waals surface area contributed by atoms with Crippen molar-refractivity contribution < 1.29 is 0 Å². The van der Waals surface area contributed by atoms with Gasteiger partial charge in [-0.25, -0.2) is 0 Å². The minimum atomic E-state index is 0.437. The summed E-state index contributed by atoms with van der Waals surface area (Å²) in [5, 5.41) is 0. The summed E-state index contributed by atoms with van der Waals surface area (Å²) in [6.45, 7) is 0. The molecule has 68 valence electrons. The molecule has 0 spiro atoms. The highest BCUT2D eigenvalue weighted by Gasteiger charge is 2.25. The van der Waals surface area contributed by atoms with Crippen molar-refractivity contribution >= 4 is 0 Å². The van der Waals surface area contributed by atoms with Crippen LogP contribution in [0.5, 0.6) is 0 Å². The Labute approximate surface area is 83.7 Å². The van der Waals surface area contributed by atoms with Gasteiger partial charge in [0.05, 0.1) is 0 Å². The molecule has 0 N–H and O–H groups in total. The van der Waals surface area contributed by atoms with Crippen LogP contribution in [-0.4, -0.2) is 4.90 Å². The molecular formula is C13H11N. The van der Waals surface area contributed by atoms with E-state index in [2.05, 4.69) is 65.8 Å². The molecule has 0 saturated heterocycles. The first-order chi connectivity index (χ1) is 6.95. The van der Waals surface area contributed by atoms with Crippen molar-refractivity contribution in [3.8, 4) is 0 Å². The summed E-state index contributed by atoms with van der Waals surface area (Å²) in [5.41, 5.74) is 2.62. The summed E-state index contributed by atoms with van der Waals surface area (Å²) >= 11 is 0. The molecule has 2 aliphatic heterocycles. The Morgan fingerprint density at radius 3 is 3.00 bits per heavy atom. The number of hydrogen-bond acceptors (Lipinski definition) is 1. The molecule has 0 fully saturated rings. The maximum Gasteiger partial charge on any atom is 0.0422 e. The molecule has 3 rings (SSSR count). The second-order valence-corrected chi connectivity index (χ2v) is 3.55. The first-order valence-electron chi connectivity index (χ1n) is 4.86. The lowest BCUT2D eigenvalue weighted by Crippen LogP contribution is -2.13. The molecular weight excluding hydrogens is 170 g/mol. The lowest BCUT2D eigenvalue weighted by Gasteiger charge is -2.21. The van der Waals surface area contributed by atoms with Crippen molar-refractivity contribution in [1.29, 1.82) is 0 Å². The topological polar surface area (TPSA) is 3.24 Å². The van der Waals surface area contributed by atoms with Gasteiger partial charge in [0.2, 0.25) is 0 Å². The van der Waals surface area contributed by atoms with E-state index in [1.165, 1.54) is 11.4 Å². The molecule has 1 atom stereocenters. The van der Waals surface area contributed by atoms with Crippen molar-refractivity contribution in [1.82, 2.24) is 4.90 Å². The largest absolute Gasteiger partial charge is 0.320 e. The molecule has 0 bridgehead atoms. The number of allylic oxidation sites excluding steroid dienone is 8. The predicted octanol–water partition coefficient (Wildman–Crippen LogP) is 2.90. The summed E-state index contributed by atoms with van der Waals surface area (Å²) in [6.07, 6.45) is 21.4. The predicted molar refractivity (Wildman–Crippen MR) is 58.1 cm³/mol. The fourth-order valence-electron chi connectivity index (χ4n) is 2.00. The zero-order valence-corrected chi connectivity index (χ0v) is 7.80. The maximum atomic E-state index is 2.29. The van der Waals surface area contributed by atoms with Crippen LogP contribution in [0.25, 0.3) is 0 Å². The average molecular weight is 181 g/mol. The Morgan fingerprint density at radius 1 is 1.00 bits per heavy atom. The summed E-state index contributed by atoms with van der Waals surface area (Å²) < 4.78 is 0. The molecule has 1 heteroatoms. The van der Waals surface area contributed by atoms with E-state index in [1.807, 2.05) is 0 Å². The SMILES string of the molecule is C1=CC=C2C(C=C1)C=C1C=CC=CN12. The van der Waals surface area contributed by atoms with Crippen molar-refractivity contribution in [3.05, 3.63) is 72.3 Å². The molecule has 1 aliphatic carbocycles. The molecule has 0 saturated carbocycles. The third-order valence-corrected chi connectivity index (χ3v) is 2.67. The summed E-state index contributed by atoms with van der Waals surface area (Å²) in [6, 6.07) is 0. The number of hydrogen-bond donors (Lipinski definition) is 0. The Morgan fingerprint density at radius 2 is 2.00 bits per heavy atom. The third kappa shape index (κ3) is 1.02. The Hall–Kier alpha value is -1.76. The van der Waals surface area contributed by atoms with Crippen molar-refractivity contribution in [3.63, 3.8) is 0 Å². The van der Waals surface area contributed by atoms with Crippen LogP contribution in [-0.2, 0) is 0 Å². The molecule has 2 heterocycles. The minimum Gasteiger partial charge on any atom is -0.320 e. The second-order valence-electron chi connectivity index (χ2n) is 3.55. The van der Waals surface area contributed by atoms with E-state index in [4.69, 9.17) is 0 Å². The van der Waals surface area contributed by atoms with Gasteiger partial charge >= 0.3 is 0 Å². The van der Waals surface area contributed by atoms with Gasteiger partial charge in [-0.05, 0) is 24.3 Å². The van der Waals surface area contributed by atoms with Crippen LogP contribution in [0.2, 0.25) is 0 Å². The fraction of sp³-hybridized carbons (Fsp3) is 0.0769. The van der Waals surface area contributed by atoms with E-state index in [-0.39, 0.29) is 0 Å². The third-order valence-electron chi connectivity index (χ3n) is 2.67. The van der Waals surface area contributed by atoms with E-state index in [0.29, 0.717) is 5.92 Å². The quantitative estimate of drug-likeness (QED) is 0.555. The lowest BCUT2D eigenvalue weighted by atomic mass is 10.1. The van der Waals surface area contributed by atoms with Gasteiger partial charge in [0.25, 0.3) is 0 Å². The molecule has 0 aromatic heterocycles. The van der Waals surface area contributed by atoms with Gasteiger partial charge < -0.3 is 4.90 Å². The van der Waals surface area contributed by atoms with E-state index < -0.39 is 0 Å². The molecule has 14 heavy (non-hydrogen) atoms. The number of fused-ring (bicyclic) bond motifs is 3. The fourth-order valence-corrected chi connectivity index (χ4v) is 2.00. The molecule has 1 unspecified atom stereocenters. The lowest BCUT2D eigenvalue weighted by molar-refractivity contribution is 0.589. The molecule has 1 nitrogen and oxygen atoms in total. The molecule has 0 amide bonds. The van der Waals surface area contributed by atoms with Gasteiger partial charge in [-0.15, -0.1) is 0 Å². The zero-order valence-electron chi connectivity index (χ0n) is 7.80. The van der Waals surface area contributed by atoms with Gasteiger partial charge in [0, 0.05) is 23.5 Å². The van der Waals surface area contributed by atoms with Crippen LogP contribution >= 0.6 is 0 Å². The normalized spacial score (nSPS) is 26.9. The maximum absolute atomic E-state index is 2.29. The highest BCUT2D eigenvalue weighted by Crippen LogP contribution is 2.34. The summed E-state index contributed by atoms with van der Waals surface area (Å²) in [7, 11) is 0. The van der Waals surface area contributed by atoms with Crippen LogP contribution in [0.15, 0.2) is 72.3 Å². The molecule has 3 aliphatic rings. The zero-order chi connectivity index (χ0) is 9.38. The van der Waals surface area contributed by atoms with E-state index in [9.17, 15) is 0 Å². The van der Waals surface area contributed by atoms with E-state index in [1.54, 1.807) is 0 Å². The van der Waals surface area contributed by atoms with E-state index >= 15 is 0 Å². The first-order valence-corrected chi connectivity index (χ1v) is 4.86. The Kier molecular flexibility index (Phi) is 1.57. The first kappa shape index (κ1) is 7.63. The average Bonchev–Trinajstić information content (AvgIpc) is 2.42. The molecule has 0 aromatic carbocycles. The van der Waals surface area contributed by atoms with Crippen molar-refractivity contribution in [2.75, 3.05) is 0 Å². The van der Waals surface area contributed by atoms with Crippen LogP contribution in [0.3, 0.4) is 0 Å². The standard InChI is InChI=1S/C13H11N/c1-2-6-11-10-12-7-4-5-9-14(12)13(11)8-3-1/h1-11H. The molecule has 0 radical (unpaired) electrons. The Balaban J connectivity index is 2.08. The van der Waals surface area contributed by atoms with Gasteiger partial charge in [-0.2, -0.15) is 0 Å². The monoisotopic (exact) mass is 181 g/mol. The minimum absolute atomic E-state index is 0.437. The van der Waals surface area contributed by atoms with Crippen LogP contribution in [0.4, 0.5) is 0 Å². The van der Waals surface area contributed by atoms with Gasteiger partial charge in [-0.1, -0.05) is 30.4 Å². The number of rotatable bonds is 0. The van der Waals surface area contributed by atoms with Crippen LogP contribution in [0.1, 0.15) is 0 Å². The van der Waals surface area contributed by atoms with Crippen molar-refractivity contribution in [2.24, 2.45) is 5.92 Å².